The minimum absolute atomic E-state index is 0.0595. The van der Waals surface area contributed by atoms with Crippen molar-refractivity contribution in [2.75, 3.05) is 0 Å². The van der Waals surface area contributed by atoms with Crippen LogP contribution in [0, 0.1) is 13.8 Å². The first-order chi connectivity index (χ1) is 13.0. The Bertz CT molecular complexity index is 1430. The molecule has 6 heteroatoms. The highest BCUT2D eigenvalue weighted by molar-refractivity contribution is 5.91. The van der Waals surface area contributed by atoms with E-state index < -0.39 is 5.63 Å². The summed E-state index contributed by atoms with van der Waals surface area (Å²) in [6.07, 6.45) is 1.92. The number of hydrogen-bond acceptors (Lipinski definition) is 4. The van der Waals surface area contributed by atoms with E-state index in [0.717, 1.165) is 22.0 Å². The van der Waals surface area contributed by atoms with Crippen LogP contribution in [0.5, 0.6) is 5.75 Å². The minimum atomic E-state index is -0.427. The van der Waals surface area contributed by atoms with Crippen LogP contribution in [0.3, 0.4) is 0 Å². The SMILES string of the molecule is Cc1cc(=O)oc2c(C)c(O)c(-c3cc[n+]4c(n3)[nH]c3ccccc34)cc12. The van der Waals surface area contributed by atoms with Gasteiger partial charge in [-0.2, -0.15) is 4.40 Å². The number of aromatic amines is 1. The Labute approximate surface area is 153 Å². The van der Waals surface area contributed by atoms with E-state index in [0.29, 0.717) is 28.2 Å². The van der Waals surface area contributed by atoms with Gasteiger partial charge in [0.05, 0.1) is 11.8 Å². The lowest BCUT2D eigenvalue weighted by molar-refractivity contribution is -0.483. The summed E-state index contributed by atoms with van der Waals surface area (Å²) in [6, 6.07) is 13.1. The van der Waals surface area contributed by atoms with Gasteiger partial charge in [0.15, 0.2) is 5.69 Å². The van der Waals surface area contributed by atoms with E-state index in [9.17, 15) is 9.90 Å². The molecule has 0 atom stereocenters. The average Bonchev–Trinajstić information content (AvgIpc) is 3.02. The molecule has 3 aromatic heterocycles. The number of phenols is 1. The van der Waals surface area contributed by atoms with Gasteiger partial charge in [0.2, 0.25) is 0 Å². The third-order valence-corrected chi connectivity index (χ3v) is 4.97. The maximum Gasteiger partial charge on any atom is 0.402 e. The monoisotopic (exact) mass is 358 g/mol. The smallest absolute Gasteiger partial charge is 0.402 e. The van der Waals surface area contributed by atoms with Crippen LogP contribution in [0.25, 0.3) is 39.0 Å². The largest absolute Gasteiger partial charge is 0.507 e. The zero-order chi connectivity index (χ0) is 18.7. The van der Waals surface area contributed by atoms with Crippen molar-refractivity contribution >= 4 is 27.8 Å². The third-order valence-electron chi connectivity index (χ3n) is 4.97. The van der Waals surface area contributed by atoms with E-state index in [1.807, 2.05) is 53.9 Å². The lowest BCUT2D eigenvalue weighted by atomic mass is 10.0. The van der Waals surface area contributed by atoms with Gasteiger partial charge in [0.1, 0.15) is 22.4 Å². The molecule has 0 radical (unpaired) electrons. The van der Waals surface area contributed by atoms with Crippen molar-refractivity contribution in [2.45, 2.75) is 13.8 Å². The molecule has 2 N–H and O–H groups in total. The van der Waals surface area contributed by atoms with Crippen molar-refractivity contribution in [3.63, 3.8) is 0 Å². The van der Waals surface area contributed by atoms with E-state index >= 15 is 0 Å². The molecule has 5 rings (SSSR count). The molecule has 0 fully saturated rings. The number of phenolic OH excluding ortho intramolecular Hbond substituents is 1. The molecule has 3 heterocycles. The topological polar surface area (TPSA) is 83.2 Å². The van der Waals surface area contributed by atoms with E-state index in [-0.39, 0.29) is 5.75 Å². The first-order valence-corrected chi connectivity index (χ1v) is 8.59. The molecule has 0 amide bonds. The molecule has 0 saturated heterocycles. The Balaban J connectivity index is 1.81. The molecule has 0 aliphatic carbocycles. The van der Waals surface area contributed by atoms with Gasteiger partial charge >= 0.3 is 11.4 Å². The number of aromatic hydroxyl groups is 1. The molecule has 5 aromatic rings. The van der Waals surface area contributed by atoms with Crippen molar-refractivity contribution in [1.29, 1.82) is 0 Å². The summed E-state index contributed by atoms with van der Waals surface area (Å²) in [5, 5.41) is 11.5. The summed E-state index contributed by atoms with van der Waals surface area (Å²) in [4.78, 5) is 19.7. The third kappa shape index (κ3) is 2.23. The number of para-hydroxylation sites is 2. The standard InChI is InChI=1S/C21H15N3O3/c1-11-9-18(25)27-20-12(2)19(26)14(10-13(11)20)15-7-8-24-17-6-4-3-5-16(17)23-21(24)22-15/h3-10H,1-2H3,(H,22,23,25,26)/p+1. The molecular weight excluding hydrogens is 342 g/mol. The summed E-state index contributed by atoms with van der Waals surface area (Å²) < 4.78 is 7.28. The summed E-state index contributed by atoms with van der Waals surface area (Å²) in [5.41, 5.74) is 4.54. The summed E-state index contributed by atoms with van der Waals surface area (Å²) in [5.74, 6) is 0.742. The van der Waals surface area contributed by atoms with Crippen LogP contribution in [-0.2, 0) is 0 Å². The fraction of sp³-hybridized carbons (Fsp3) is 0.0952. The molecule has 0 aliphatic rings. The predicted molar refractivity (Wildman–Crippen MR) is 102 cm³/mol. The Morgan fingerprint density at radius 3 is 2.81 bits per heavy atom. The predicted octanol–water partition coefficient (Wildman–Crippen LogP) is 3.40. The second-order valence-corrected chi connectivity index (χ2v) is 6.67. The number of H-pyrrole nitrogens is 1. The Hall–Kier alpha value is -3.67. The molecule has 2 aromatic carbocycles. The maximum absolute atomic E-state index is 11.7. The molecule has 0 unspecified atom stereocenters. The highest BCUT2D eigenvalue weighted by Crippen LogP contribution is 2.37. The second-order valence-electron chi connectivity index (χ2n) is 6.67. The van der Waals surface area contributed by atoms with Crippen molar-refractivity contribution in [3.8, 4) is 17.0 Å². The van der Waals surface area contributed by atoms with Gasteiger partial charge in [-0.15, -0.1) is 0 Å². The Kier molecular flexibility index (Phi) is 3.12. The van der Waals surface area contributed by atoms with Crippen LogP contribution in [-0.4, -0.2) is 15.1 Å². The van der Waals surface area contributed by atoms with Gasteiger partial charge in [-0.25, -0.2) is 9.78 Å². The highest BCUT2D eigenvalue weighted by atomic mass is 16.4. The fourth-order valence-electron chi connectivity index (χ4n) is 3.56. The number of nitrogens with one attached hydrogen (secondary N) is 1. The minimum Gasteiger partial charge on any atom is -0.507 e. The van der Waals surface area contributed by atoms with Crippen LogP contribution >= 0.6 is 0 Å². The first kappa shape index (κ1) is 15.6. The zero-order valence-corrected chi connectivity index (χ0v) is 14.8. The number of benzene rings is 2. The first-order valence-electron chi connectivity index (χ1n) is 8.59. The normalized spacial score (nSPS) is 11.6. The average molecular weight is 358 g/mol. The van der Waals surface area contributed by atoms with Crippen molar-refractivity contribution < 1.29 is 13.9 Å². The number of aryl methyl sites for hydroxylation is 2. The number of imidazole rings is 1. The number of nitrogens with zero attached hydrogens (tertiary/aromatic N) is 2. The Morgan fingerprint density at radius 2 is 1.96 bits per heavy atom. The van der Waals surface area contributed by atoms with Gasteiger partial charge in [-0.05, 0) is 37.6 Å². The molecule has 0 bridgehead atoms. The molecule has 0 aliphatic heterocycles. The Morgan fingerprint density at radius 1 is 1.15 bits per heavy atom. The van der Waals surface area contributed by atoms with E-state index in [1.165, 1.54) is 6.07 Å². The molecule has 6 nitrogen and oxygen atoms in total. The summed E-state index contributed by atoms with van der Waals surface area (Å²) in [6.45, 7) is 3.59. The van der Waals surface area contributed by atoms with Gasteiger partial charge in [-0.3, -0.25) is 0 Å². The number of aromatic nitrogens is 3. The quantitative estimate of drug-likeness (QED) is 0.355. The van der Waals surface area contributed by atoms with Crippen LogP contribution in [0.2, 0.25) is 0 Å². The van der Waals surface area contributed by atoms with E-state index in [4.69, 9.17) is 9.40 Å². The molecular formula is C21H16N3O3+. The van der Waals surface area contributed by atoms with Crippen LogP contribution in [0.1, 0.15) is 11.1 Å². The summed E-state index contributed by atoms with van der Waals surface area (Å²) in [7, 11) is 0. The van der Waals surface area contributed by atoms with E-state index in [2.05, 4.69) is 4.98 Å². The molecule has 132 valence electrons. The molecule has 27 heavy (non-hydrogen) atoms. The number of fused-ring (bicyclic) bond motifs is 4. The van der Waals surface area contributed by atoms with E-state index in [1.54, 1.807) is 6.92 Å². The zero-order valence-electron chi connectivity index (χ0n) is 14.8. The second kappa shape index (κ2) is 5.41. The van der Waals surface area contributed by atoms with Crippen molar-refractivity contribution in [3.05, 3.63) is 70.2 Å². The molecule has 0 saturated carbocycles. The van der Waals surface area contributed by atoms with Gasteiger partial charge in [0, 0.05) is 23.1 Å². The van der Waals surface area contributed by atoms with Gasteiger partial charge in [0.25, 0.3) is 0 Å². The highest BCUT2D eigenvalue weighted by Gasteiger charge is 2.20. The molecule has 0 spiro atoms. The maximum atomic E-state index is 11.7. The van der Waals surface area contributed by atoms with Crippen LogP contribution < -0.4 is 10.0 Å². The lowest BCUT2D eigenvalue weighted by Crippen LogP contribution is -2.20. The fourth-order valence-corrected chi connectivity index (χ4v) is 3.56. The lowest BCUT2D eigenvalue weighted by Gasteiger charge is -2.09. The van der Waals surface area contributed by atoms with Crippen LogP contribution in [0.4, 0.5) is 0 Å². The van der Waals surface area contributed by atoms with Gasteiger partial charge < -0.3 is 9.52 Å². The number of hydrogen-bond donors (Lipinski definition) is 2. The van der Waals surface area contributed by atoms with Crippen molar-refractivity contribution in [2.24, 2.45) is 0 Å². The van der Waals surface area contributed by atoms with Gasteiger partial charge in [-0.1, -0.05) is 17.1 Å². The van der Waals surface area contributed by atoms with Crippen molar-refractivity contribution in [1.82, 2.24) is 9.97 Å². The number of rotatable bonds is 1. The van der Waals surface area contributed by atoms with Crippen LogP contribution in [0.15, 0.2) is 57.9 Å². The summed E-state index contributed by atoms with van der Waals surface area (Å²) >= 11 is 0.